The van der Waals surface area contributed by atoms with Gasteiger partial charge in [-0.3, -0.25) is 4.57 Å². The molecule has 176 valence electrons. The van der Waals surface area contributed by atoms with Crippen LogP contribution in [0.25, 0.3) is 50.7 Å². The molecule has 0 radical (unpaired) electrons. The van der Waals surface area contributed by atoms with Gasteiger partial charge in [0.1, 0.15) is 22.6 Å². The number of pyridine rings is 2. The summed E-state index contributed by atoms with van der Waals surface area (Å²) in [6.07, 6.45) is 4.88. The van der Waals surface area contributed by atoms with Crippen molar-refractivity contribution < 1.29 is 4.42 Å². The predicted octanol–water partition coefficient (Wildman–Crippen LogP) is 5.82. The van der Waals surface area contributed by atoms with Crippen LogP contribution in [0.2, 0.25) is 0 Å². The van der Waals surface area contributed by atoms with E-state index in [2.05, 4.69) is 29.2 Å². The van der Waals surface area contributed by atoms with Crippen LogP contribution in [-0.4, -0.2) is 19.5 Å². The summed E-state index contributed by atoms with van der Waals surface area (Å²) in [4.78, 5) is 14.2. The van der Waals surface area contributed by atoms with Gasteiger partial charge in [-0.2, -0.15) is 0 Å². The van der Waals surface area contributed by atoms with Crippen molar-refractivity contribution in [3.63, 3.8) is 0 Å². The maximum Gasteiger partial charge on any atom is 0.165 e. The van der Waals surface area contributed by atoms with Gasteiger partial charge in [0.05, 0.1) is 5.56 Å². The highest BCUT2D eigenvalue weighted by atomic mass is 16.3. The van der Waals surface area contributed by atoms with Gasteiger partial charge in [-0.1, -0.05) is 30.3 Å². The average Bonchev–Trinajstić information content (AvgIpc) is 3.49. The smallest absolute Gasteiger partial charge is 0.165 e. The number of hydrogen-bond acceptors (Lipinski definition) is 6. The molecule has 0 aliphatic heterocycles. The Hall–Kier alpha value is -4.49. The highest BCUT2D eigenvalue weighted by Gasteiger charge is 2.34. The normalized spacial score (nSPS) is 14.8. The summed E-state index contributed by atoms with van der Waals surface area (Å²) in [7, 11) is 0. The lowest BCUT2D eigenvalue weighted by Crippen LogP contribution is -2.43. The standard InChI is InChI=1S/C29H24N6O/c30-26-21(6-3-16-32-26)27-34-23-13-12-22(25-17-18-5-1-2-7-24(18)36-25)33-28(23)35(27)20-10-8-19(9-11-20)29(31)14-4-15-29/h1-3,5-13,16-17H,4,14-15,31H2,(H2,30,32). The van der Waals surface area contributed by atoms with Crippen molar-refractivity contribution in [2.45, 2.75) is 24.8 Å². The summed E-state index contributed by atoms with van der Waals surface area (Å²) >= 11 is 0. The van der Waals surface area contributed by atoms with Gasteiger partial charge in [-0.25, -0.2) is 15.0 Å². The number of furan rings is 1. The van der Waals surface area contributed by atoms with Crippen molar-refractivity contribution in [3.05, 3.63) is 90.6 Å². The molecule has 0 saturated heterocycles. The van der Waals surface area contributed by atoms with Gasteiger partial charge in [0.25, 0.3) is 0 Å². The molecule has 0 spiro atoms. The van der Waals surface area contributed by atoms with Crippen LogP contribution in [0.4, 0.5) is 5.82 Å². The molecule has 1 aliphatic carbocycles. The van der Waals surface area contributed by atoms with Crippen molar-refractivity contribution in [2.24, 2.45) is 5.73 Å². The molecule has 4 N–H and O–H groups in total. The zero-order chi connectivity index (χ0) is 24.3. The number of anilines is 1. The molecule has 4 heterocycles. The second kappa shape index (κ2) is 7.76. The van der Waals surface area contributed by atoms with Crippen LogP contribution in [-0.2, 0) is 5.54 Å². The zero-order valence-electron chi connectivity index (χ0n) is 19.6. The highest BCUT2D eigenvalue weighted by Crippen LogP contribution is 2.39. The first-order chi connectivity index (χ1) is 17.6. The van der Waals surface area contributed by atoms with Crippen LogP contribution >= 0.6 is 0 Å². The molecule has 7 heteroatoms. The molecular formula is C29H24N6O. The second-order valence-electron chi connectivity index (χ2n) is 9.45. The van der Waals surface area contributed by atoms with Crippen LogP contribution in [0.1, 0.15) is 24.8 Å². The Morgan fingerprint density at radius 1 is 0.889 bits per heavy atom. The first kappa shape index (κ1) is 20.8. The molecular weight excluding hydrogens is 448 g/mol. The Labute approximate surface area is 207 Å². The Balaban J connectivity index is 1.43. The molecule has 2 aromatic carbocycles. The summed E-state index contributed by atoms with van der Waals surface area (Å²) < 4.78 is 8.13. The fourth-order valence-corrected chi connectivity index (χ4v) is 5.02. The molecule has 1 aliphatic rings. The van der Waals surface area contributed by atoms with Crippen molar-refractivity contribution in [3.8, 4) is 28.5 Å². The van der Waals surface area contributed by atoms with Gasteiger partial charge in [0.15, 0.2) is 17.2 Å². The molecule has 7 rings (SSSR count). The lowest BCUT2D eigenvalue weighted by molar-refractivity contribution is 0.253. The predicted molar refractivity (Wildman–Crippen MR) is 141 cm³/mol. The number of nitrogens with zero attached hydrogens (tertiary/aromatic N) is 4. The van der Waals surface area contributed by atoms with Gasteiger partial charge >= 0.3 is 0 Å². The van der Waals surface area contributed by atoms with E-state index < -0.39 is 0 Å². The number of fused-ring (bicyclic) bond motifs is 2. The summed E-state index contributed by atoms with van der Waals surface area (Å²) in [6.45, 7) is 0. The SMILES string of the molecule is Nc1ncccc1-c1nc2ccc(-c3cc4ccccc4o3)nc2n1-c1ccc(C2(N)CCC2)cc1. The number of imidazole rings is 1. The molecule has 36 heavy (non-hydrogen) atoms. The van der Waals surface area contributed by atoms with Gasteiger partial charge < -0.3 is 15.9 Å². The molecule has 4 aromatic heterocycles. The topological polar surface area (TPSA) is 109 Å². The average molecular weight is 473 g/mol. The van der Waals surface area contributed by atoms with Crippen molar-refractivity contribution in [2.75, 3.05) is 5.73 Å². The monoisotopic (exact) mass is 472 g/mol. The second-order valence-corrected chi connectivity index (χ2v) is 9.45. The van der Waals surface area contributed by atoms with E-state index in [1.165, 1.54) is 6.42 Å². The fraction of sp³-hybridized carbons (Fsp3) is 0.138. The molecule has 1 saturated carbocycles. The first-order valence-electron chi connectivity index (χ1n) is 12.1. The molecule has 0 amide bonds. The summed E-state index contributed by atoms with van der Waals surface area (Å²) in [6, 6.07) is 26.0. The van der Waals surface area contributed by atoms with Crippen molar-refractivity contribution >= 4 is 28.0 Å². The van der Waals surface area contributed by atoms with Crippen LogP contribution in [0.5, 0.6) is 0 Å². The van der Waals surface area contributed by atoms with Gasteiger partial charge in [0, 0.05) is 22.8 Å². The largest absolute Gasteiger partial charge is 0.454 e. The van der Waals surface area contributed by atoms with Crippen LogP contribution in [0.15, 0.2) is 89.5 Å². The van der Waals surface area contributed by atoms with E-state index >= 15 is 0 Å². The third-order valence-corrected chi connectivity index (χ3v) is 7.21. The van der Waals surface area contributed by atoms with E-state index in [4.69, 9.17) is 25.9 Å². The first-order valence-corrected chi connectivity index (χ1v) is 12.1. The van der Waals surface area contributed by atoms with E-state index in [1.807, 2.05) is 59.2 Å². The lowest BCUT2D eigenvalue weighted by Gasteiger charge is -2.38. The quantitative estimate of drug-likeness (QED) is 0.335. The van der Waals surface area contributed by atoms with E-state index in [9.17, 15) is 0 Å². The number of aromatic nitrogens is 4. The number of benzene rings is 2. The van der Waals surface area contributed by atoms with Gasteiger partial charge in [-0.15, -0.1) is 0 Å². The zero-order valence-corrected chi connectivity index (χ0v) is 19.6. The highest BCUT2D eigenvalue weighted by molar-refractivity contribution is 5.86. The third kappa shape index (κ3) is 3.21. The number of rotatable bonds is 4. The summed E-state index contributed by atoms with van der Waals surface area (Å²) in [5, 5.41) is 1.04. The van der Waals surface area contributed by atoms with Gasteiger partial charge in [-0.05, 0) is 73.4 Å². The van der Waals surface area contributed by atoms with Crippen molar-refractivity contribution in [1.82, 2.24) is 19.5 Å². The van der Waals surface area contributed by atoms with Crippen LogP contribution in [0.3, 0.4) is 0 Å². The summed E-state index contributed by atoms with van der Waals surface area (Å²) in [5.41, 5.74) is 18.5. The molecule has 0 atom stereocenters. The summed E-state index contributed by atoms with van der Waals surface area (Å²) in [5.74, 6) is 1.81. The maximum absolute atomic E-state index is 6.57. The maximum atomic E-state index is 6.57. The number of nitrogens with two attached hydrogens (primary N) is 2. The molecule has 7 nitrogen and oxygen atoms in total. The number of hydrogen-bond donors (Lipinski definition) is 2. The van der Waals surface area contributed by atoms with Gasteiger partial charge in [0.2, 0.25) is 0 Å². The molecule has 0 bridgehead atoms. The third-order valence-electron chi connectivity index (χ3n) is 7.21. The molecule has 1 fully saturated rings. The van der Waals surface area contributed by atoms with Crippen LogP contribution in [0, 0.1) is 0 Å². The Kier molecular flexibility index (Phi) is 4.49. The van der Waals surface area contributed by atoms with E-state index in [0.29, 0.717) is 23.0 Å². The number of para-hydroxylation sites is 1. The van der Waals surface area contributed by atoms with Crippen LogP contribution < -0.4 is 11.5 Å². The van der Waals surface area contributed by atoms with E-state index in [0.717, 1.165) is 51.8 Å². The minimum Gasteiger partial charge on any atom is -0.454 e. The molecule has 0 unspecified atom stereocenters. The van der Waals surface area contributed by atoms with E-state index in [-0.39, 0.29) is 5.54 Å². The number of nitrogen functional groups attached to an aromatic ring is 1. The lowest BCUT2D eigenvalue weighted by atomic mass is 9.73. The Morgan fingerprint density at radius 3 is 2.47 bits per heavy atom. The van der Waals surface area contributed by atoms with Crippen molar-refractivity contribution in [1.29, 1.82) is 0 Å². The fourth-order valence-electron chi connectivity index (χ4n) is 5.02. The Bertz CT molecular complexity index is 1710. The Morgan fingerprint density at radius 2 is 1.72 bits per heavy atom. The minimum absolute atomic E-state index is 0.223. The minimum atomic E-state index is -0.223. The van der Waals surface area contributed by atoms with E-state index in [1.54, 1.807) is 6.20 Å². The molecule has 6 aromatic rings.